The van der Waals surface area contributed by atoms with Gasteiger partial charge in [0.15, 0.2) is 0 Å². The Hall–Kier alpha value is -1.77. The average Bonchev–Trinajstić information content (AvgIpc) is 2.58. The van der Waals surface area contributed by atoms with Crippen molar-refractivity contribution in [1.82, 2.24) is 9.78 Å². The van der Waals surface area contributed by atoms with Crippen molar-refractivity contribution < 1.29 is 0 Å². The highest BCUT2D eigenvalue weighted by molar-refractivity contribution is 5.62. The molecular formula is C14H18N2O. The lowest BCUT2D eigenvalue weighted by Gasteiger charge is -2.05. The zero-order valence-electron chi connectivity index (χ0n) is 10.7. The van der Waals surface area contributed by atoms with Crippen LogP contribution >= 0.6 is 0 Å². The third-order valence-electron chi connectivity index (χ3n) is 3.00. The molecule has 2 aromatic rings. The standard InChI is InChI=1S/C14H18N2O/c1-9(2)16-14(17)11(4)13(15-16)12-7-5-10(3)6-8-12/h5-9,15H,1-4H3. The van der Waals surface area contributed by atoms with Crippen molar-refractivity contribution in [3.63, 3.8) is 0 Å². The molecule has 0 aliphatic rings. The summed E-state index contributed by atoms with van der Waals surface area (Å²) in [5.41, 5.74) is 4.04. The van der Waals surface area contributed by atoms with Crippen molar-refractivity contribution in [2.45, 2.75) is 33.7 Å². The molecule has 90 valence electrons. The molecule has 0 fully saturated rings. The van der Waals surface area contributed by atoms with Gasteiger partial charge in [0.25, 0.3) is 5.56 Å². The minimum atomic E-state index is 0.0653. The van der Waals surface area contributed by atoms with Gasteiger partial charge in [-0.3, -0.25) is 9.89 Å². The van der Waals surface area contributed by atoms with Crippen molar-refractivity contribution in [3.8, 4) is 11.3 Å². The van der Waals surface area contributed by atoms with Crippen LogP contribution < -0.4 is 5.56 Å². The van der Waals surface area contributed by atoms with Crippen molar-refractivity contribution in [2.24, 2.45) is 0 Å². The van der Waals surface area contributed by atoms with Crippen LogP contribution in [0.1, 0.15) is 31.0 Å². The summed E-state index contributed by atoms with van der Waals surface area (Å²) in [6.07, 6.45) is 0. The van der Waals surface area contributed by atoms with Gasteiger partial charge in [0, 0.05) is 11.6 Å². The molecule has 1 heterocycles. The fraction of sp³-hybridized carbons (Fsp3) is 0.357. The summed E-state index contributed by atoms with van der Waals surface area (Å²) < 4.78 is 1.67. The average molecular weight is 230 g/mol. The maximum Gasteiger partial charge on any atom is 0.270 e. The maximum atomic E-state index is 12.0. The summed E-state index contributed by atoms with van der Waals surface area (Å²) in [5.74, 6) is 0. The number of H-pyrrole nitrogens is 1. The number of aryl methyl sites for hydroxylation is 1. The first kappa shape index (κ1) is 11.7. The molecule has 0 bridgehead atoms. The van der Waals surface area contributed by atoms with E-state index in [0.29, 0.717) is 0 Å². The second-order valence-corrected chi connectivity index (χ2v) is 4.75. The molecule has 3 heteroatoms. The molecule has 17 heavy (non-hydrogen) atoms. The number of hydrogen-bond acceptors (Lipinski definition) is 1. The van der Waals surface area contributed by atoms with Crippen LogP contribution in [-0.2, 0) is 0 Å². The molecule has 0 aliphatic heterocycles. The van der Waals surface area contributed by atoms with E-state index in [0.717, 1.165) is 16.8 Å². The Morgan fingerprint density at radius 3 is 2.18 bits per heavy atom. The summed E-state index contributed by atoms with van der Waals surface area (Å²) in [6, 6.07) is 8.34. The molecule has 0 unspecified atom stereocenters. The van der Waals surface area contributed by atoms with Crippen LogP contribution in [0.5, 0.6) is 0 Å². The lowest BCUT2D eigenvalue weighted by Crippen LogP contribution is -2.19. The van der Waals surface area contributed by atoms with Gasteiger partial charge in [-0.25, -0.2) is 4.68 Å². The summed E-state index contributed by atoms with van der Waals surface area (Å²) in [5, 5.41) is 3.19. The van der Waals surface area contributed by atoms with E-state index in [1.807, 2.05) is 32.9 Å². The van der Waals surface area contributed by atoms with E-state index >= 15 is 0 Å². The smallest absolute Gasteiger partial charge is 0.270 e. The molecule has 0 amide bonds. The van der Waals surface area contributed by atoms with E-state index in [1.165, 1.54) is 5.56 Å². The molecule has 0 saturated carbocycles. The maximum absolute atomic E-state index is 12.0. The van der Waals surface area contributed by atoms with Gasteiger partial charge >= 0.3 is 0 Å². The van der Waals surface area contributed by atoms with Gasteiger partial charge in [-0.05, 0) is 33.3 Å². The Labute approximate surface area is 101 Å². The fourth-order valence-corrected chi connectivity index (χ4v) is 1.91. The van der Waals surface area contributed by atoms with E-state index in [1.54, 1.807) is 4.68 Å². The first-order chi connectivity index (χ1) is 8.00. The number of aromatic amines is 1. The molecule has 0 saturated heterocycles. The number of benzene rings is 1. The summed E-state index contributed by atoms with van der Waals surface area (Å²) in [4.78, 5) is 12.0. The minimum absolute atomic E-state index is 0.0653. The zero-order valence-corrected chi connectivity index (χ0v) is 10.7. The highest BCUT2D eigenvalue weighted by Gasteiger charge is 2.13. The van der Waals surface area contributed by atoms with E-state index in [-0.39, 0.29) is 11.6 Å². The van der Waals surface area contributed by atoms with Crippen LogP contribution in [0.25, 0.3) is 11.3 Å². The Balaban J connectivity index is 2.57. The van der Waals surface area contributed by atoms with Crippen LogP contribution in [0.3, 0.4) is 0 Å². The van der Waals surface area contributed by atoms with Gasteiger partial charge < -0.3 is 0 Å². The SMILES string of the molecule is Cc1ccc(-c2[nH]n(C(C)C)c(=O)c2C)cc1. The Kier molecular flexibility index (Phi) is 2.92. The fourth-order valence-electron chi connectivity index (χ4n) is 1.91. The Bertz CT molecular complexity index is 573. The molecule has 3 nitrogen and oxygen atoms in total. The number of rotatable bonds is 2. The highest BCUT2D eigenvalue weighted by atomic mass is 16.1. The van der Waals surface area contributed by atoms with Crippen molar-refractivity contribution in [2.75, 3.05) is 0 Å². The first-order valence-corrected chi connectivity index (χ1v) is 5.89. The highest BCUT2D eigenvalue weighted by Crippen LogP contribution is 2.20. The van der Waals surface area contributed by atoms with Crippen molar-refractivity contribution in [1.29, 1.82) is 0 Å². The topological polar surface area (TPSA) is 37.8 Å². The lowest BCUT2D eigenvalue weighted by molar-refractivity contribution is 0.517. The van der Waals surface area contributed by atoms with Crippen molar-refractivity contribution >= 4 is 0 Å². The number of aromatic nitrogens is 2. The summed E-state index contributed by atoms with van der Waals surface area (Å²) in [6.45, 7) is 7.91. The molecule has 0 spiro atoms. The van der Waals surface area contributed by atoms with Crippen LogP contribution in [-0.4, -0.2) is 9.78 Å². The molecule has 1 aromatic heterocycles. The monoisotopic (exact) mass is 230 g/mol. The summed E-state index contributed by atoms with van der Waals surface area (Å²) in [7, 11) is 0. The third-order valence-corrected chi connectivity index (χ3v) is 3.00. The zero-order chi connectivity index (χ0) is 12.6. The second-order valence-electron chi connectivity index (χ2n) is 4.75. The Morgan fingerprint density at radius 1 is 1.12 bits per heavy atom. The normalized spacial score (nSPS) is 11.1. The van der Waals surface area contributed by atoms with Crippen LogP contribution in [0, 0.1) is 13.8 Å². The molecule has 1 aromatic carbocycles. The molecule has 0 atom stereocenters. The van der Waals surface area contributed by atoms with Gasteiger partial charge in [-0.15, -0.1) is 0 Å². The van der Waals surface area contributed by atoms with E-state index in [4.69, 9.17) is 0 Å². The molecule has 0 radical (unpaired) electrons. The predicted octanol–water partition coefficient (Wildman–Crippen LogP) is 3.04. The van der Waals surface area contributed by atoms with Gasteiger partial charge in [0.1, 0.15) is 0 Å². The van der Waals surface area contributed by atoms with Gasteiger partial charge in [-0.1, -0.05) is 29.8 Å². The minimum Gasteiger partial charge on any atom is -0.294 e. The van der Waals surface area contributed by atoms with Gasteiger partial charge in [0.05, 0.1) is 5.69 Å². The van der Waals surface area contributed by atoms with E-state index in [9.17, 15) is 4.79 Å². The first-order valence-electron chi connectivity index (χ1n) is 5.89. The largest absolute Gasteiger partial charge is 0.294 e. The predicted molar refractivity (Wildman–Crippen MR) is 70.3 cm³/mol. The third kappa shape index (κ3) is 2.05. The number of hydrogen-bond donors (Lipinski definition) is 1. The lowest BCUT2D eigenvalue weighted by atomic mass is 10.1. The van der Waals surface area contributed by atoms with Gasteiger partial charge in [0.2, 0.25) is 0 Å². The van der Waals surface area contributed by atoms with Crippen molar-refractivity contribution in [3.05, 3.63) is 45.7 Å². The van der Waals surface area contributed by atoms with Crippen LogP contribution in [0.4, 0.5) is 0 Å². The molecule has 1 N–H and O–H groups in total. The van der Waals surface area contributed by atoms with E-state index in [2.05, 4.69) is 24.2 Å². The van der Waals surface area contributed by atoms with Gasteiger partial charge in [-0.2, -0.15) is 0 Å². The summed E-state index contributed by atoms with van der Waals surface area (Å²) >= 11 is 0. The Morgan fingerprint density at radius 2 is 1.71 bits per heavy atom. The number of nitrogens with one attached hydrogen (secondary N) is 1. The quantitative estimate of drug-likeness (QED) is 0.846. The van der Waals surface area contributed by atoms with Crippen LogP contribution in [0.15, 0.2) is 29.1 Å². The molecular weight excluding hydrogens is 212 g/mol. The molecule has 2 rings (SSSR count). The van der Waals surface area contributed by atoms with Crippen LogP contribution in [0.2, 0.25) is 0 Å². The second kappa shape index (κ2) is 4.24. The molecule has 0 aliphatic carbocycles. The number of nitrogens with zero attached hydrogens (tertiary/aromatic N) is 1. The van der Waals surface area contributed by atoms with E-state index < -0.39 is 0 Å².